The highest BCUT2D eigenvalue weighted by Crippen LogP contribution is 2.23. The second-order valence-corrected chi connectivity index (χ2v) is 6.93. The number of carboxylic acid groups (broad SMARTS) is 1. The fraction of sp³-hybridized carbons (Fsp3) is 0.526. The van der Waals surface area contributed by atoms with Crippen LogP contribution in [0.2, 0.25) is 0 Å². The number of carbonyl (C=O) groups excluding carboxylic acids is 1. The maximum atomic E-state index is 12.2. The summed E-state index contributed by atoms with van der Waals surface area (Å²) < 4.78 is 2.00. The summed E-state index contributed by atoms with van der Waals surface area (Å²) in [6.45, 7) is 4.63. The van der Waals surface area contributed by atoms with E-state index in [-0.39, 0.29) is 17.5 Å². The lowest BCUT2D eigenvalue weighted by Gasteiger charge is -2.34. The second kappa shape index (κ2) is 9.29. The molecule has 0 saturated carbocycles. The number of aromatic nitrogens is 4. The van der Waals surface area contributed by atoms with Crippen molar-refractivity contribution in [1.29, 1.82) is 0 Å². The summed E-state index contributed by atoms with van der Waals surface area (Å²) in [6.07, 6.45) is 9.70. The molecule has 9 heteroatoms. The number of imidazole rings is 1. The molecule has 0 bridgehead atoms. The summed E-state index contributed by atoms with van der Waals surface area (Å²) in [7, 11) is 0. The summed E-state index contributed by atoms with van der Waals surface area (Å²) >= 11 is 0. The van der Waals surface area contributed by atoms with Crippen LogP contribution in [0.1, 0.15) is 42.5 Å². The Morgan fingerprint density at radius 2 is 2.07 bits per heavy atom. The fourth-order valence-corrected chi connectivity index (χ4v) is 3.56. The molecule has 2 aromatic rings. The summed E-state index contributed by atoms with van der Waals surface area (Å²) in [4.78, 5) is 38.0. The molecule has 1 saturated heterocycles. The molecule has 3 heterocycles. The third-order valence-electron chi connectivity index (χ3n) is 4.99. The van der Waals surface area contributed by atoms with Crippen LogP contribution in [0, 0.1) is 5.92 Å². The SMILES string of the molecule is CCc1nccn1CCC(=O)NCC1CCCN(c2nccnc2C(=O)O)C1. The van der Waals surface area contributed by atoms with E-state index in [4.69, 9.17) is 0 Å². The van der Waals surface area contributed by atoms with Gasteiger partial charge in [0.15, 0.2) is 11.5 Å². The van der Waals surface area contributed by atoms with Gasteiger partial charge in [0.25, 0.3) is 0 Å². The lowest BCUT2D eigenvalue weighted by atomic mass is 9.97. The lowest BCUT2D eigenvalue weighted by molar-refractivity contribution is -0.121. The van der Waals surface area contributed by atoms with Crippen LogP contribution in [0.4, 0.5) is 5.82 Å². The fourth-order valence-electron chi connectivity index (χ4n) is 3.56. The van der Waals surface area contributed by atoms with Gasteiger partial charge in [0, 0.05) is 63.8 Å². The quantitative estimate of drug-likeness (QED) is 0.704. The van der Waals surface area contributed by atoms with E-state index in [1.807, 2.05) is 22.6 Å². The molecule has 1 aliphatic heterocycles. The van der Waals surface area contributed by atoms with Gasteiger partial charge >= 0.3 is 5.97 Å². The van der Waals surface area contributed by atoms with Crippen LogP contribution in [0.15, 0.2) is 24.8 Å². The topological polar surface area (TPSA) is 113 Å². The average Bonchev–Trinajstić information content (AvgIpc) is 3.18. The number of carboxylic acids is 1. The van der Waals surface area contributed by atoms with Crippen molar-refractivity contribution < 1.29 is 14.7 Å². The van der Waals surface area contributed by atoms with E-state index in [0.717, 1.165) is 31.6 Å². The number of hydrogen-bond donors (Lipinski definition) is 2. The molecule has 2 N–H and O–H groups in total. The summed E-state index contributed by atoms with van der Waals surface area (Å²) in [5.41, 5.74) is -0.0285. The van der Waals surface area contributed by atoms with E-state index >= 15 is 0 Å². The van der Waals surface area contributed by atoms with Gasteiger partial charge in [-0.3, -0.25) is 4.79 Å². The van der Waals surface area contributed by atoms with Gasteiger partial charge in [-0.25, -0.2) is 19.7 Å². The molecule has 1 unspecified atom stereocenters. The second-order valence-electron chi connectivity index (χ2n) is 6.93. The zero-order valence-electron chi connectivity index (χ0n) is 16.0. The number of amides is 1. The van der Waals surface area contributed by atoms with Crippen LogP contribution in [-0.2, 0) is 17.8 Å². The first kappa shape index (κ1) is 19.8. The number of hydrogen-bond acceptors (Lipinski definition) is 6. The standard InChI is InChI=1S/C19H26N6O3/c1-2-15-20-8-11-24(15)10-5-16(26)23-12-14-4-3-9-25(13-14)18-17(19(27)28)21-6-7-22-18/h6-8,11,14H,2-5,9-10,12-13H2,1H3,(H,23,26)(H,27,28). The molecule has 9 nitrogen and oxygen atoms in total. The van der Waals surface area contributed by atoms with E-state index in [9.17, 15) is 14.7 Å². The molecule has 150 valence electrons. The Kier molecular flexibility index (Phi) is 6.57. The van der Waals surface area contributed by atoms with Crippen molar-refractivity contribution in [2.45, 2.75) is 39.2 Å². The highest BCUT2D eigenvalue weighted by Gasteiger charge is 2.25. The number of nitrogens with zero attached hydrogens (tertiary/aromatic N) is 5. The minimum absolute atomic E-state index is 0.0126. The number of aryl methyl sites for hydroxylation is 2. The van der Waals surface area contributed by atoms with Crippen molar-refractivity contribution in [3.63, 3.8) is 0 Å². The number of piperidine rings is 1. The van der Waals surface area contributed by atoms with Gasteiger partial charge in [0.1, 0.15) is 5.82 Å². The Bertz CT molecular complexity index is 822. The Balaban J connectivity index is 1.50. The van der Waals surface area contributed by atoms with Gasteiger partial charge in [-0.15, -0.1) is 0 Å². The van der Waals surface area contributed by atoms with Crippen LogP contribution in [-0.4, -0.2) is 56.1 Å². The molecule has 0 radical (unpaired) electrons. The first-order valence-corrected chi connectivity index (χ1v) is 9.64. The Morgan fingerprint density at radius 3 is 2.86 bits per heavy atom. The average molecular weight is 386 g/mol. The monoisotopic (exact) mass is 386 g/mol. The summed E-state index contributed by atoms with van der Waals surface area (Å²) in [6, 6.07) is 0. The van der Waals surface area contributed by atoms with Gasteiger partial charge in [-0.05, 0) is 18.8 Å². The van der Waals surface area contributed by atoms with E-state index < -0.39 is 5.97 Å². The van der Waals surface area contributed by atoms with Crippen molar-refractivity contribution >= 4 is 17.7 Å². The van der Waals surface area contributed by atoms with Gasteiger partial charge < -0.3 is 19.9 Å². The zero-order valence-corrected chi connectivity index (χ0v) is 16.0. The van der Waals surface area contributed by atoms with Crippen LogP contribution in [0.3, 0.4) is 0 Å². The highest BCUT2D eigenvalue weighted by molar-refractivity contribution is 5.90. The van der Waals surface area contributed by atoms with E-state index in [1.165, 1.54) is 12.4 Å². The highest BCUT2D eigenvalue weighted by atomic mass is 16.4. The van der Waals surface area contributed by atoms with E-state index in [2.05, 4.69) is 20.3 Å². The van der Waals surface area contributed by atoms with E-state index in [0.29, 0.717) is 31.9 Å². The van der Waals surface area contributed by atoms with Crippen LogP contribution >= 0.6 is 0 Å². The first-order chi connectivity index (χ1) is 13.6. The molecule has 0 spiro atoms. The molecule has 2 aromatic heterocycles. The molecule has 0 aliphatic carbocycles. The van der Waals surface area contributed by atoms with E-state index in [1.54, 1.807) is 6.20 Å². The lowest BCUT2D eigenvalue weighted by Crippen LogP contribution is -2.42. The molecule has 1 amide bonds. The summed E-state index contributed by atoms with van der Waals surface area (Å²) in [5, 5.41) is 12.3. The van der Waals surface area contributed by atoms with Crippen molar-refractivity contribution in [2.75, 3.05) is 24.5 Å². The number of aromatic carboxylic acids is 1. The maximum absolute atomic E-state index is 12.2. The molecular formula is C19H26N6O3. The number of carbonyl (C=O) groups is 2. The third-order valence-corrected chi connectivity index (χ3v) is 4.99. The predicted molar refractivity (Wildman–Crippen MR) is 103 cm³/mol. The van der Waals surface area contributed by atoms with Gasteiger partial charge in [0.2, 0.25) is 5.91 Å². The van der Waals surface area contributed by atoms with Crippen LogP contribution in [0.5, 0.6) is 0 Å². The van der Waals surface area contributed by atoms with Crippen LogP contribution in [0.25, 0.3) is 0 Å². The molecular weight excluding hydrogens is 360 g/mol. The smallest absolute Gasteiger partial charge is 0.358 e. The van der Waals surface area contributed by atoms with Crippen molar-refractivity contribution in [1.82, 2.24) is 24.8 Å². The number of anilines is 1. The number of rotatable bonds is 8. The maximum Gasteiger partial charge on any atom is 0.358 e. The van der Waals surface area contributed by atoms with Gasteiger partial charge in [-0.2, -0.15) is 0 Å². The first-order valence-electron chi connectivity index (χ1n) is 9.64. The molecule has 1 aliphatic rings. The Labute approximate surface area is 163 Å². The number of nitrogens with one attached hydrogen (secondary N) is 1. The minimum Gasteiger partial charge on any atom is -0.476 e. The van der Waals surface area contributed by atoms with Crippen molar-refractivity contribution in [3.05, 3.63) is 36.3 Å². The third kappa shape index (κ3) is 4.85. The molecule has 0 aromatic carbocycles. The Hall–Kier alpha value is -2.97. The molecule has 28 heavy (non-hydrogen) atoms. The van der Waals surface area contributed by atoms with Gasteiger partial charge in [-0.1, -0.05) is 6.92 Å². The van der Waals surface area contributed by atoms with Crippen LogP contribution < -0.4 is 10.2 Å². The van der Waals surface area contributed by atoms with Crippen molar-refractivity contribution in [2.24, 2.45) is 5.92 Å². The minimum atomic E-state index is -1.08. The summed E-state index contributed by atoms with van der Waals surface area (Å²) in [5.74, 6) is 0.566. The Morgan fingerprint density at radius 1 is 1.25 bits per heavy atom. The molecule has 1 atom stereocenters. The normalized spacial score (nSPS) is 16.8. The van der Waals surface area contributed by atoms with Gasteiger partial charge in [0.05, 0.1) is 0 Å². The molecule has 1 fully saturated rings. The van der Waals surface area contributed by atoms with Crippen molar-refractivity contribution in [3.8, 4) is 0 Å². The largest absolute Gasteiger partial charge is 0.476 e. The zero-order chi connectivity index (χ0) is 19.9. The molecule has 3 rings (SSSR count). The predicted octanol–water partition coefficient (Wildman–Crippen LogP) is 1.36.